The Morgan fingerprint density at radius 2 is 2.30 bits per heavy atom. The molecule has 102 valence electrons. The van der Waals surface area contributed by atoms with Crippen molar-refractivity contribution in [1.82, 2.24) is 19.6 Å². The Morgan fingerprint density at radius 3 is 3.10 bits per heavy atom. The van der Waals surface area contributed by atoms with Crippen molar-refractivity contribution in [2.75, 3.05) is 5.32 Å². The van der Waals surface area contributed by atoms with Crippen LogP contribution in [-0.2, 0) is 6.42 Å². The quantitative estimate of drug-likeness (QED) is 0.799. The molecule has 0 bridgehead atoms. The SMILES string of the molecule is CCCc1nnc(NC(=O)c2cn3ccccc3n2)s1. The Bertz CT molecular complexity index is 715. The molecule has 7 heteroatoms. The number of carbonyl (C=O) groups is 1. The molecule has 3 aromatic heterocycles. The summed E-state index contributed by atoms with van der Waals surface area (Å²) < 4.78 is 1.80. The Balaban J connectivity index is 1.77. The van der Waals surface area contributed by atoms with Crippen LogP contribution in [0, 0.1) is 0 Å². The summed E-state index contributed by atoms with van der Waals surface area (Å²) in [5, 5.41) is 12.1. The van der Waals surface area contributed by atoms with Crippen LogP contribution in [-0.4, -0.2) is 25.5 Å². The van der Waals surface area contributed by atoms with Crippen molar-refractivity contribution in [3.63, 3.8) is 0 Å². The molecule has 3 rings (SSSR count). The zero-order valence-corrected chi connectivity index (χ0v) is 11.7. The van der Waals surface area contributed by atoms with Crippen molar-refractivity contribution >= 4 is 28.0 Å². The van der Waals surface area contributed by atoms with Crippen LogP contribution in [0.3, 0.4) is 0 Å². The molecule has 0 aliphatic heterocycles. The van der Waals surface area contributed by atoms with Crippen LogP contribution in [0.25, 0.3) is 5.65 Å². The maximum absolute atomic E-state index is 12.1. The molecule has 3 aromatic rings. The molecule has 3 heterocycles. The van der Waals surface area contributed by atoms with E-state index in [9.17, 15) is 4.79 Å². The van der Waals surface area contributed by atoms with E-state index in [0.29, 0.717) is 10.8 Å². The highest BCUT2D eigenvalue weighted by molar-refractivity contribution is 7.15. The molecular formula is C13H13N5OS. The summed E-state index contributed by atoms with van der Waals surface area (Å²) in [5.74, 6) is -0.270. The first-order valence-corrected chi connectivity index (χ1v) is 7.15. The molecule has 6 nitrogen and oxygen atoms in total. The normalized spacial score (nSPS) is 10.8. The second-order valence-electron chi connectivity index (χ2n) is 4.30. The van der Waals surface area contributed by atoms with Gasteiger partial charge in [-0.15, -0.1) is 10.2 Å². The number of pyridine rings is 1. The molecule has 1 N–H and O–H groups in total. The summed E-state index contributed by atoms with van der Waals surface area (Å²) in [6.07, 6.45) is 5.43. The second-order valence-corrected chi connectivity index (χ2v) is 5.36. The van der Waals surface area contributed by atoms with Crippen LogP contribution >= 0.6 is 11.3 Å². The van der Waals surface area contributed by atoms with Gasteiger partial charge in [0.1, 0.15) is 16.3 Å². The van der Waals surface area contributed by atoms with E-state index < -0.39 is 0 Å². The lowest BCUT2D eigenvalue weighted by atomic mass is 10.4. The van der Waals surface area contributed by atoms with Crippen molar-refractivity contribution in [2.24, 2.45) is 0 Å². The summed E-state index contributed by atoms with van der Waals surface area (Å²) >= 11 is 1.40. The molecule has 0 aliphatic carbocycles. The minimum atomic E-state index is -0.270. The van der Waals surface area contributed by atoms with E-state index in [-0.39, 0.29) is 5.91 Å². The lowest BCUT2D eigenvalue weighted by Crippen LogP contribution is -2.12. The molecular weight excluding hydrogens is 274 g/mol. The molecule has 0 aliphatic rings. The lowest BCUT2D eigenvalue weighted by Gasteiger charge is -1.95. The van der Waals surface area contributed by atoms with Crippen molar-refractivity contribution in [2.45, 2.75) is 19.8 Å². The number of rotatable bonds is 4. The van der Waals surface area contributed by atoms with Gasteiger partial charge in [-0.2, -0.15) is 0 Å². The van der Waals surface area contributed by atoms with E-state index in [0.717, 1.165) is 23.5 Å². The van der Waals surface area contributed by atoms with Gasteiger partial charge in [-0.3, -0.25) is 10.1 Å². The van der Waals surface area contributed by atoms with Crippen LogP contribution < -0.4 is 5.32 Å². The number of carbonyl (C=O) groups excluding carboxylic acids is 1. The number of anilines is 1. The number of hydrogen-bond acceptors (Lipinski definition) is 5. The summed E-state index contributed by atoms with van der Waals surface area (Å²) in [4.78, 5) is 16.4. The topological polar surface area (TPSA) is 72.2 Å². The van der Waals surface area contributed by atoms with Gasteiger partial charge in [-0.05, 0) is 18.6 Å². The standard InChI is InChI=1S/C13H13N5OS/c1-2-5-11-16-17-13(20-11)15-12(19)9-8-18-7-4-3-6-10(18)14-9/h3-4,6-8H,2,5H2,1H3,(H,15,17,19). The Morgan fingerprint density at radius 1 is 1.40 bits per heavy atom. The van der Waals surface area contributed by atoms with Crippen molar-refractivity contribution in [3.05, 3.63) is 41.3 Å². The van der Waals surface area contributed by atoms with Crippen molar-refractivity contribution in [1.29, 1.82) is 0 Å². The number of fused-ring (bicyclic) bond motifs is 1. The van der Waals surface area contributed by atoms with Gasteiger partial charge in [0.05, 0.1) is 0 Å². The summed E-state index contributed by atoms with van der Waals surface area (Å²) in [7, 11) is 0. The monoisotopic (exact) mass is 287 g/mol. The van der Waals surface area contributed by atoms with Gasteiger partial charge >= 0.3 is 0 Å². The molecule has 1 amide bonds. The predicted octanol–water partition coefficient (Wildman–Crippen LogP) is 2.39. The highest BCUT2D eigenvalue weighted by atomic mass is 32.1. The Labute approximate surface area is 119 Å². The second kappa shape index (κ2) is 5.38. The number of amides is 1. The third-order valence-corrected chi connectivity index (χ3v) is 3.65. The number of aromatic nitrogens is 4. The van der Waals surface area contributed by atoms with Gasteiger partial charge in [-0.25, -0.2) is 4.98 Å². The van der Waals surface area contributed by atoms with Gasteiger partial charge in [0.25, 0.3) is 5.91 Å². The average molecular weight is 287 g/mol. The highest BCUT2D eigenvalue weighted by Gasteiger charge is 2.13. The lowest BCUT2D eigenvalue weighted by molar-refractivity contribution is 0.102. The number of nitrogens with zero attached hydrogens (tertiary/aromatic N) is 4. The van der Waals surface area contributed by atoms with Crippen molar-refractivity contribution < 1.29 is 4.79 Å². The number of imidazole rings is 1. The van der Waals surface area contributed by atoms with Gasteiger partial charge in [0.2, 0.25) is 5.13 Å². The maximum Gasteiger partial charge on any atom is 0.277 e. The summed E-state index contributed by atoms with van der Waals surface area (Å²) in [6.45, 7) is 2.08. The van der Waals surface area contributed by atoms with Gasteiger partial charge in [0, 0.05) is 18.8 Å². The number of nitrogens with one attached hydrogen (secondary N) is 1. The minimum Gasteiger partial charge on any atom is -0.306 e. The van der Waals surface area contributed by atoms with Crippen molar-refractivity contribution in [3.8, 4) is 0 Å². The van der Waals surface area contributed by atoms with Gasteiger partial charge < -0.3 is 4.40 Å². The average Bonchev–Trinajstić information content (AvgIpc) is 3.05. The molecule has 0 atom stereocenters. The van der Waals surface area contributed by atoms with E-state index in [2.05, 4.69) is 27.4 Å². The molecule has 0 unspecified atom stereocenters. The zero-order chi connectivity index (χ0) is 13.9. The fraction of sp³-hybridized carbons (Fsp3) is 0.231. The highest BCUT2D eigenvalue weighted by Crippen LogP contribution is 2.17. The van der Waals surface area contributed by atoms with Crippen LogP contribution in [0.1, 0.15) is 28.8 Å². The molecule has 20 heavy (non-hydrogen) atoms. The molecule has 0 saturated carbocycles. The van der Waals surface area contributed by atoms with E-state index >= 15 is 0 Å². The number of hydrogen-bond donors (Lipinski definition) is 1. The van der Waals surface area contributed by atoms with Gasteiger partial charge in [0.15, 0.2) is 0 Å². The van der Waals surface area contributed by atoms with Crippen LogP contribution in [0.4, 0.5) is 5.13 Å². The molecule has 0 fully saturated rings. The predicted molar refractivity (Wildman–Crippen MR) is 77.0 cm³/mol. The zero-order valence-electron chi connectivity index (χ0n) is 10.9. The van der Waals surface area contributed by atoms with E-state index in [1.807, 2.05) is 24.4 Å². The first-order chi connectivity index (χ1) is 9.76. The first kappa shape index (κ1) is 12.7. The van der Waals surface area contributed by atoms with Gasteiger partial charge in [-0.1, -0.05) is 24.3 Å². The van der Waals surface area contributed by atoms with E-state index in [1.165, 1.54) is 11.3 Å². The van der Waals surface area contributed by atoms with E-state index in [1.54, 1.807) is 10.6 Å². The number of aryl methyl sites for hydroxylation is 1. The Kier molecular flexibility index (Phi) is 3.42. The Hall–Kier alpha value is -2.28. The molecule has 0 radical (unpaired) electrons. The third-order valence-electron chi connectivity index (χ3n) is 2.75. The molecule has 0 aromatic carbocycles. The summed E-state index contributed by atoms with van der Waals surface area (Å²) in [6, 6.07) is 5.62. The summed E-state index contributed by atoms with van der Waals surface area (Å²) in [5.41, 5.74) is 1.10. The largest absolute Gasteiger partial charge is 0.306 e. The maximum atomic E-state index is 12.1. The first-order valence-electron chi connectivity index (χ1n) is 6.33. The smallest absolute Gasteiger partial charge is 0.277 e. The third kappa shape index (κ3) is 2.53. The molecule has 0 saturated heterocycles. The van der Waals surface area contributed by atoms with Crippen LogP contribution in [0.5, 0.6) is 0 Å². The fourth-order valence-corrected chi connectivity index (χ4v) is 2.66. The fourth-order valence-electron chi connectivity index (χ4n) is 1.82. The van der Waals surface area contributed by atoms with E-state index in [4.69, 9.17) is 0 Å². The molecule has 0 spiro atoms. The van der Waals surface area contributed by atoms with Crippen LogP contribution in [0.2, 0.25) is 0 Å². The van der Waals surface area contributed by atoms with Crippen LogP contribution in [0.15, 0.2) is 30.6 Å². The minimum absolute atomic E-state index is 0.270.